The number of halogens is 1. The predicted octanol–water partition coefficient (Wildman–Crippen LogP) is 2.10. The molecule has 0 bridgehead atoms. The zero-order valence-electron chi connectivity index (χ0n) is 12.5. The minimum absolute atomic E-state index is 0.0529. The lowest BCUT2D eigenvalue weighted by molar-refractivity contribution is -0.143. The highest BCUT2D eigenvalue weighted by Crippen LogP contribution is 2.44. The van der Waals surface area contributed by atoms with Gasteiger partial charge >= 0.3 is 0 Å². The van der Waals surface area contributed by atoms with E-state index in [1.54, 1.807) is 41.9 Å². The Morgan fingerprint density at radius 3 is 2.82 bits per heavy atom. The zero-order valence-corrected chi connectivity index (χ0v) is 13.4. The summed E-state index contributed by atoms with van der Waals surface area (Å²) in [6.45, 7) is 0.587. The van der Waals surface area contributed by atoms with Crippen LogP contribution in [0.3, 0.4) is 0 Å². The Kier molecular flexibility index (Phi) is 4.23. The maximum absolute atomic E-state index is 13.7. The molecule has 0 N–H and O–H groups in total. The van der Waals surface area contributed by atoms with Gasteiger partial charge in [-0.2, -0.15) is 11.8 Å². The van der Waals surface area contributed by atoms with Crippen LogP contribution in [0.1, 0.15) is 18.4 Å². The van der Waals surface area contributed by atoms with Gasteiger partial charge in [-0.15, -0.1) is 0 Å². The summed E-state index contributed by atoms with van der Waals surface area (Å²) in [6.07, 6.45) is 1.11. The lowest BCUT2D eigenvalue weighted by Crippen LogP contribution is -2.42. The van der Waals surface area contributed by atoms with Crippen molar-refractivity contribution in [2.45, 2.75) is 19.4 Å². The minimum atomic E-state index is -0.472. The number of hydrogen-bond acceptors (Lipinski definition) is 4. The van der Waals surface area contributed by atoms with Gasteiger partial charge in [-0.25, -0.2) is 4.39 Å². The smallest absolute Gasteiger partial charge is 0.237 e. The van der Waals surface area contributed by atoms with Gasteiger partial charge in [0, 0.05) is 24.3 Å². The molecule has 0 aromatic heterocycles. The second-order valence-electron chi connectivity index (χ2n) is 6.13. The third-order valence-corrected chi connectivity index (χ3v) is 5.62. The van der Waals surface area contributed by atoms with E-state index in [0.29, 0.717) is 18.5 Å². The van der Waals surface area contributed by atoms with Crippen molar-refractivity contribution in [3.8, 4) is 0 Å². The minimum Gasteiger partial charge on any atom is -0.284 e. The largest absolute Gasteiger partial charge is 0.284 e. The van der Waals surface area contributed by atoms with Crippen LogP contribution in [0.15, 0.2) is 24.3 Å². The first-order chi connectivity index (χ1) is 10.5. The van der Waals surface area contributed by atoms with E-state index >= 15 is 0 Å². The van der Waals surface area contributed by atoms with E-state index in [0.717, 1.165) is 17.9 Å². The van der Waals surface area contributed by atoms with Crippen LogP contribution >= 0.6 is 11.8 Å². The number of carbonyl (C=O) groups excluding carboxylic acids is 2. The highest BCUT2D eigenvalue weighted by Gasteiger charge is 2.53. The molecule has 0 aliphatic carbocycles. The van der Waals surface area contributed by atoms with Crippen molar-refractivity contribution in [2.75, 3.05) is 25.2 Å². The summed E-state index contributed by atoms with van der Waals surface area (Å²) in [5, 5.41) is 0. The van der Waals surface area contributed by atoms with E-state index in [-0.39, 0.29) is 24.3 Å². The monoisotopic (exact) mass is 322 g/mol. The zero-order chi connectivity index (χ0) is 15.7. The fourth-order valence-corrected chi connectivity index (χ4v) is 4.57. The van der Waals surface area contributed by atoms with Crippen molar-refractivity contribution < 1.29 is 14.0 Å². The molecular formula is C16H19FN2O2S. The third kappa shape index (κ3) is 2.77. The van der Waals surface area contributed by atoms with Crippen LogP contribution in [0.5, 0.6) is 0 Å². The quantitative estimate of drug-likeness (QED) is 0.796. The molecule has 6 heteroatoms. The van der Waals surface area contributed by atoms with Gasteiger partial charge in [0.25, 0.3) is 0 Å². The van der Waals surface area contributed by atoms with Crippen molar-refractivity contribution in [3.63, 3.8) is 0 Å². The number of thioether (sulfide) groups is 1. The van der Waals surface area contributed by atoms with Crippen LogP contribution in [-0.4, -0.2) is 46.8 Å². The van der Waals surface area contributed by atoms with Gasteiger partial charge in [-0.1, -0.05) is 18.2 Å². The number of benzene rings is 1. The number of likely N-dealkylation sites (tertiary alicyclic amines) is 1. The van der Waals surface area contributed by atoms with Crippen LogP contribution in [0.4, 0.5) is 4.39 Å². The topological polar surface area (TPSA) is 40.6 Å². The number of carbonyl (C=O) groups is 2. The molecule has 2 fully saturated rings. The molecule has 2 aliphatic rings. The normalized spacial score (nSPS) is 25.0. The summed E-state index contributed by atoms with van der Waals surface area (Å²) >= 11 is 1.74. The van der Waals surface area contributed by atoms with E-state index in [1.807, 2.05) is 0 Å². The maximum Gasteiger partial charge on any atom is 0.237 e. The summed E-state index contributed by atoms with van der Waals surface area (Å²) < 4.78 is 13.7. The molecule has 0 radical (unpaired) electrons. The molecule has 1 atom stereocenters. The van der Waals surface area contributed by atoms with Gasteiger partial charge in [-0.3, -0.25) is 19.4 Å². The van der Waals surface area contributed by atoms with Crippen molar-refractivity contribution in [1.82, 2.24) is 9.80 Å². The van der Waals surface area contributed by atoms with E-state index in [4.69, 9.17) is 0 Å². The van der Waals surface area contributed by atoms with Gasteiger partial charge in [0.2, 0.25) is 11.8 Å². The Bertz CT molecular complexity index is 602. The molecule has 22 heavy (non-hydrogen) atoms. The lowest BCUT2D eigenvalue weighted by Gasteiger charge is -2.25. The molecule has 1 aromatic rings. The summed E-state index contributed by atoms with van der Waals surface area (Å²) in [5.74, 6) is 1.26. The number of nitrogens with zero attached hydrogens (tertiary/aromatic N) is 2. The standard InChI is InChI=1S/C16H19FN2O2S/c1-18(9-12-4-2-3-5-13(12)17)11-19-14(20)8-16(15(19)21)6-7-22-10-16/h2-5H,6-11H2,1H3. The van der Waals surface area contributed by atoms with Crippen molar-refractivity contribution in [3.05, 3.63) is 35.6 Å². The third-order valence-electron chi connectivity index (χ3n) is 4.37. The molecule has 1 unspecified atom stereocenters. The summed E-state index contributed by atoms with van der Waals surface area (Å²) in [5.41, 5.74) is 0.0934. The van der Waals surface area contributed by atoms with Crippen molar-refractivity contribution in [1.29, 1.82) is 0 Å². The molecule has 118 valence electrons. The molecular weight excluding hydrogens is 303 g/mol. The molecule has 2 saturated heterocycles. The Morgan fingerprint density at radius 1 is 1.36 bits per heavy atom. The number of hydrogen-bond donors (Lipinski definition) is 0. The van der Waals surface area contributed by atoms with Crippen LogP contribution < -0.4 is 0 Å². The van der Waals surface area contributed by atoms with Crippen LogP contribution in [0, 0.1) is 11.2 Å². The van der Waals surface area contributed by atoms with E-state index in [9.17, 15) is 14.0 Å². The van der Waals surface area contributed by atoms with Crippen molar-refractivity contribution in [2.24, 2.45) is 5.41 Å². The Hall–Kier alpha value is -1.40. The summed E-state index contributed by atoms with van der Waals surface area (Å²) in [6, 6.07) is 6.56. The van der Waals surface area contributed by atoms with Gasteiger partial charge in [0.05, 0.1) is 12.1 Å². The van der Waals surface area contributed by atoms with Crippen LogP contribution in [-0.2, 0) is 16.1 Å². The average molecular weight is 322 g/mol. The van der Waals surface area contributed by atoms with Gasteiger partial charge in [0.15, 0.2) is 0 Å². The molecule has 2 amide bonds. The molecule has 2 heterocycles. The number of imide groups is 1. The molecule has 2 aliphatic heterocycles. The maximum atomic E-state index is 13.7. The fraction of sp³-hybridized carbons (Fsp3) is 0.500. The van der Waals surface area contributed by atoms with Gasteiger partial charge < -0.3 is 0 Å². The fourth-order valence-electron chi connectivity index (χ4n) is 3.13. The highest BCUT2D eigenvalue weighted by molar-refractivity contribution is 7.99. The first kappa shape index (κ1) is 15.5. The first-order valence-electron chi connectivity index (χ1n) is 7.36. The molecule has 1 spiro atoms. The molecule has 3 rings (SSSR count). The van der Waals surface area contributed by atoms with Crippen LogP contribution in [0.25, 0.3) is 0 Å². The van der Waals surface area contributed by atoms with Gasteiger partial charge in [0.1, 0.15) is 5.82 Å². The Labute approximate surface area is 133 Å². The SMILES string of the molecule is CN(Cc1ccccc1F)CN1C(=O)CC2(CCSC2)C1=O. The second-order valence-corrected chi connectivity index (χ2v) is 7.24. The Morgan fingerprint density at radius 2 is 2.14 bits per heavy atom. The number of rotatable bonds is 4. The highest BCUT2D eigenvalue weighted by atomic mass is 32.2. The van der Waals surface area contributed by atoms with Crippen molar-refractivity contribution >= 4 is 23.6 Å². The molecule has 1 aromatic carbocycles. The summed E-state index contributed by atoms with van der Waals surface area (Å²) in [4.78, 5) is 27.9. The second kappa shape index (κ2) is 6.01. The lowest BCUT2D eigenvalue weighted by atomic mass is 9.86. The first-order valence-corrected chi connectivity index (χ1v) is 8.52. The van der Waals surface area contributed by atoms with E-state index < -0.39 is 5.41 Å². The predicted molar refractivity (Wildman–Crippen MR) is 83.6 cm³/mol. The average Bonchev–Trinajstić information content (AvgIpc) is 3.03. The summed E-state index contributed by atoms with van der Waals surface area (Å²) in [7, 11) is 1.79. The van der Waals surface area contributed by atoms with E-state index in [1.165, 1.54) is 11.0 Å². The molecule has 0 saturated carbocycles. The van der Waals surface area contributed by atoms with Gasteiger partial charge in [-0.05, 0) is 25.3 Å². The molecule has 4 nitrogen and oxygen atoms in total. The Balaban J connectivity index is 1.66. The van der Waals surface area contributed by atoms with E-state index in [2.05, 4.69) is 0 Å². The van der Waals surface area contributed by atoms with Crippen LogP contribution in [0.2, 0.25) is 0 Å². The number of amides is 2.